The smallest absolute Gasteiger partial charge is 0.137 e. The zero-order chi connectivity index (χ0) is 65.8. The summed E-state index contributed by atoms with van der Waals surface area (Å²) >= 11 is 21.8. The Morgan fingerprint density at radius 1 is 0.167 bits per heavy atom. The highest BCUT2D eigenvalue weighted by molar-refractivity contribution is 6.37. The van der Waals surface area contributed by atoms with Crippen LogP contribution in [0.5, 0.6) is 23.0 Å². The molecule has 0 atom stereocenters. The summed E-state index contributed by atoms with van der Waals surface area (Å²) in [5, 5.41) is 60.4. The van der Waals surface area contributed by atoms with Gasteiger partial charge in [0.1, 0.15) is 23.0 Å². The van der Waals surface area contributed by atoms with Gasteiger partial charge in [0.2, 0.25) is 0 Å². The average molecular weight is 1330 g/mol. The van der Waals surface area contributed by atoms with Crippen molar-refractivity contribution in [2.45, 2.75) is 0 Å². The van der Waals surface area contributed by atoms with Gasteiger partial charge in [0.15, 0.2) is 0 Å². The second-order valence-electron chi connectivity index (χ2n) is 22.8. The van der Waals surface area contributed by atoms with Crippen molar-refractivity contribution in [2.75, 3.05) is 0 Å². The Balaban J connectivity index is 0.0000000970. The number of halogens is 4. The largest absolute Gasteiger partial charge is 0.506 e. The average Bonchev–Trinajstić information content (AvgIpc) is 0.768. The van der Waals surface area contributed by atoms with E-state index in [0.29, 0.717) is 0 Å². The highest BCUT2D eigenvalue weighted by Crippen LogP contribution is 2.39. The van der Waals surface area contributed by atoms with Crippen molar-refractivity contribution in [3.63, 3.8) is 0 Å². The molecule has 462 valence electrons. The topological polar surface area (TPSA) is 132 Å². The molecule has 12 heteroatoms. The number of phenols is 4. The van der Waals surface area contributed by atoms with Gasteiger partial charge >= 0.3 is 0 Å². The summed E-state index contributed by atoms with van der Waals surface area (Å²) in [5.41, 5.74) is 7.60. The normalized spacial score (nSPS) is 11.1. The molecule has 18 aromatic carbocycles. The van der Waals surface area contributed by atoms with E-state index in [1.165, 1.54) is 109 Å². The summed E-state index contributed by atoms with van der Waals surface area (Å²) in [7, 11) is 0. The summed E-state index contributed by atoms with van der Waals surface area (Å²) in [6.45, 7) is 0. The maximum absolute atomic E-state index is 8.87. The van der Waals surface area contributed by atoms with Crippen LogP contribution in [0.15, 0.2) is 303 Å². The fraction of sp³-hybridized carbons (Fsp3) is 0. The summed E-state index contributed by atoms with van der Waals surface area (Å²) < 4.78 is 0. The molecule has 20 aromatic rings. The third-order valence-corrected chi connectivity index (χ3v) is 17.9. The number of benzene rings is 18. The molecule has 0 saturated carbocycles. The van der Waals surface area contributed by atoms with Crippen molar-refractivity contribution < 1.29 is 20.4 Å². The Bertz CT molecular complexity index is 4990. The molecule has 2 aromatic heterocycles. The van der Waals surface area contributed by atoms with Crippen molar-refractivity contribution >= 4 is 187 Å². The van der Waals surface area contributed by atoms with Gasteiger partial charge in [-0.1, -0.05) is 277 Å². The fourth-order valence-corrected chi connectivity index (χ4v) is 13.0. The molecule has 0 spiro atoms. The second-order valence-corrected chi connectivity index (χ2v) is 24.4. The van der Waals surface area contributed by atoms with Crippen LogP contribution in [0, 0.1) is 0 Å². The molecule has 96 heavy (non-hydrogen) atoms. The number of fused-ring (bicyclic) bond motifs is 4. The Morgan fingerprint density at radius 3 is 0.427 bits per heavy atom. The standard InChI is InChI=1S/3C16H10.2C12H8N2.2C6H4Cl2O2/c3*1-3-11-7-9-13-5-2-6-14-10-8-12(4-1)15(11)16(13)14;2*1-2-6-10-9(5-1)13-11-7-3-4-8-12(11)14-10;2*7-3-1-4(8)6(10)2-5(3)9/h3*1-10H;2*1-8H;2*1-2,9-10H. The molecule has 0 aliphatic carbocycles. The SMILES string of the molecule is Oc1cc(O)c(Cl)cc1Cl.Oc1cc(O)c(Cl)cc1Cl.c1cc2ccc3cccc4ccc(c1)c2c34.c1cc2ccc3cccc4ccc(c1)c2c34.c1cc2ccc3cccc4ccc(c1)c2c34.c1ccc2nc3ccccc3nc2c1.c1ccc2nc3ccccc3nc2c1. The molecular weight excluding hydrogens is 1270 g/mol. The predicted molar refractivity (Wildman–Crippen MR) is 404 cm³/mol. The Morgan fingerprint density at radius 2 is 0.302 bits per heavy atom. The first kappa shape index (κ1) is 62.1. The van der Waals surface area contributed by atoms with Crippen molar-refractivity contribution in [2.24, 2.45) is 0 Å². The summed E-state index contributed by atoms with van der Waals surface area (Å²) in [5.74, 6) is -0.709. The van der Waals surface area contributed by atoms with Crippen LogP contribution in [0.2, 0.25) is 20.1 Å². The van der Waals surface area contributed by atoms with Crippen LogP contribution in [0.3, 0.4) is 0 Å². The van der Waals surface area contributed by atoms with Gasteiger partial charge in [-0.3, -0.25) is 0 Å². The van der Waals surface area contributed by atoms with Gasteiger partial charge in [-0.2, -0.15) is 0 Å². The molecule has 4 N–H and O–H groups in total. The van der Waals surface area contributed by atoms with E-state index in [1.807, 2.05) is 97.1 Å². The Hall–Kier alpha value is -11.4. The van der Waals surface area contributed by atoms with E-state index in [-0.39, 0.29) is 43.1 Å². The van der Waals surface area contributed by atoms with Crippen molar-refractivity contribution in [1.29, 1.82) is 0 Å². The Kier molecular flexibility index (Phi) is 17.7. The van der Waals surface area contributed by atoms with Gasteiger partial charge in [0, 0.05) is 12.1 Å². The second kappa shape index (κ2) is 27.3. The zero-order valence-corrected chi connectivity index (χ0v) is 54.0. The molecule has 20 rings (SSSR count). The van der Waals surface area contributed by atoms with Crippen LogP contribution in [0.25, 0.3) is 141 Å². The molecular formula is C84H54Cl4N4O4. The van der Waals surface area contributed by atoms with Crippen LogP contribution in [0.4, 0.5) is 0 Å². The van der Waals surface area contributed by atoms with Crippen molar-refractivity contribution in [1.82, 2.24) is 19.9 Å². The van der Waals surface area contributed by atoms with E-state index in [2.05, 4.69) is 202 Å². The van der Waals surface area contributed by atoms with Gasteiger partial charge in [-0.25, -0.2) is 19.9 Å². The summed E-state index contributed by atoms with van der Waals surface area (Å²) in [6, 6.07) is 102. The monoisotopic (exact) mass is 1320 g/mol. The van der Waals surface area contributed by atoms with Gasteiger partial charge in [0.05, 0.1) is 64.2 Å². The minimum Gasteiger partial charge on any atom is -0.506 e. The van der Waals surface area contributed by atoms with E-state index < -0.39 is 0 Å². The molecule has 0 amide bonds. The fourth-order valence-electron chi connectivity index (χ4n) is 12.2. The van der Waals surface area contributed by atoms with Gasteiger partial charge in [0.25, 0.3) is 0 Å². The maximum atomic E-state index is 8.87. The van der Waals surface area contributed by atoms with E-state index >= 15 is 0 Å². The van der Waals surface area contributed by atoms with Crippen LogP contribution >= 0.6 is 46.4 Å². The first-order valence-electron chi connectivity index (χ1n) is 30.7. The number of hydrogen-bond acceptors (Lipinski definition) is 8. The van der Waals surface area contributed by atoms with Gasteiger partial charge in [-0.15, -0.1) is 0 Å². The van der Waals surface area contributed by atoms with E-state index in [9.17, 15) is 0 Å². The molecule has 0 saturated heterocycles. The summed E-state index contributed by atoms with van der Waals surface area (Å²) in [4.78, 5) is 18.1. The number of nitrogens with zero attached hydrogens (tertiary/aromatic N) is 4. The molecule has 0 fully saturated rings. The Labute approximate surface area is 570 Å². The molecule has 0 unspecified atom stereocenters. The van der Waals surface area contributed by atoms with E-state index in [4.69, 9.17) is 66.8 Å². The highest BCUT2D eigenvalue weighted by atomic mass is 35.5. The predicted octanol–water partition coefficient (Wildman–Crippen LogP) is 24.1. The molecule has 0 aliphatic rings. The van der Waals surface area contributed by atoms with Crippen LogP contribution in [-0.4, -0.2) is 40.4 Å². The maximum Gasteiger partial charge on any atom is 0.137 e. The van der Waals surface area contributed by atoms with Crippen LogP contribution < -0.4 is 0 Å². The lowest BCUT2D eigenvalue weighted by atomic mass is 9.95. The van der Waals surface area contributed by atoms with Crippen LogP contribution in [0.1, 0.15) is 0 Å². The number of phenolic OH excluding ortho intramolecular Hbond substituents is 4. The van der Waals surface area contributed by atoms with Gasteiger partial charge in [-0.05, 0) is 158 Å². The van der Waals surface area contributed by atoms with E-state index in [0.717, 1.165) is 56.3 Å². The molecule has 0 aliphatic heterocycles. The molecule has 0 bridgehead atoms. The minimum atomic E-state index is -0.177. The highest BCUT2D eigenvalue weighted by Gasteiger charge is 2.11. The van der Waals surface area contributed by atoms with Crippen molar-refractivity contribution in [3.05, 3.63) is 323 Å². The number of aromatic nitrogens is 4. The minimum absolute atomic E-state index is 0.128. The number of hydrogen-bond donors (Lipinski definition) is 4. The summed E-state index contributed by atoms with van der Waals surface area (Å²) in [6.07, 6.45) is 0. The first-order chi connectivity index (χ1) is 46.9. The molecule has 0 radical (unpaired) electrons. The number of aromatic hydroxyl groups is 4. The third-order valence-electron chi connectivity index (χ3n) is 16.7. The lowest BCUT2D eigenvalue weighted by molar-refractivity contribution is 0.450. The lowest BCUT2D eigenvalue weighted by Crippen LogP contribution is -1.85. The third kappa shape index (κ3) is 12.9. The molecule has 2 heterocycles. The van der Waals surface area contributed by atoms with Gasteiger partial charge < -0.3 is 20.4 Å². The van der Waals surface area contributed by atoms with Crippen LogP contribution in [-0.2, 0) is 0 Å². The van der Waals surface area contributed by atoms with E-state index in [1.54, 1.807) is 0 Å². The van der Waals surface area contributed by atoms with Crippen molar-refractivity contribution in [3.8, 4) is 23.0 Å². The first-order valence-corrected chi connectivity index (χ1v) is 32.2. The molecule has 8 nitrogen and oxygen atoms in total. The number of para-hydroxylation sites is 8. The number of rotatable bonds is 0. The quantitative estimate of drug-likeness (QED) is 0.0872. The lowest BCUT2D eigenvalue weighted by Gasteiger charge is -2.09. The zero-order valence-electron chi connectivity index (χ0n) is 51.0.